The van der Waals surface area contributed by atoms with Crippen LogP contribution in [0.5, 0.6) is 17.2 Å². The van der Waals surface area contributed by atoms with Gasteiger partial charge in [0.15, 0.2) is 0 Å². The van der Waals surface area contributed by atoms with E-state index in [1.807, 2.05) is 24.3 Å². The van der Waals surface area contributed by atoms with Crippen molar-refractivity contribution in [3.8, 4) is 17.2 Å². The molecule has 5 rings (SSSR count). The molecule has 5 heteroatoms. The number of β-amino-alcohol motifs (C(OH)–C–C–N with tert-alkyl or cyclic N) is 1. The molecule has 2 aliphatic heterocycles. The van der Waals surface area contributed by atoms with Crippen LogP contribution in [0.3, 0.4) is 0 Å². The number of benzene rings is 3. The van der Waals surface area contributed by atoms with Gasteiger partial charge >= 0.3 is 0 Å². The minimum Gasteiger partial charge on any atom is -0.497 e. The highest BCUT2D eigenvalue weighted by molar-refractivity contribution is 5.52. The number of ether oxygens (including phenoxy) is 3. The summed E-state index contributed by atoms with van der Waals surface area (Å²) >= 11 is 0. The normalized spacial score (nSPS) is 21.9. The van der Waals surface area contributed by atoms with E-state index in [9.17, 15) is 5.11 Å². The van der Waals surface area contributed by atoms with Gasteiger partial charge in [0.1, 0.15) is 35.6 Å². The van der Waals surface area contributed by atoms with E-state index >= 15 is 0 Å². The lowest BCUT2D eigenvalue weighted by Gasteiger charge is -2.45. The Balaban J connectivity index is 1.39. The quantitative estimate of drug-likeness (QED) is 0.410. The summed E-state index contributed by atoms with van der Waals surface area (Å²) in [5, 5.41) is 10.5. The molecular formula is C32H39NO4. The van der Waals surface area contributed by atoms with Crippen molar-refractivity contribution in [1.82, 2.24) is 4.90 Å². The molecule has 1 fully saturated rings. The van der Waals surface area contributed by atoms with Crippen LogP contribution in [0, 0.1) is 0 Å². The van der Waals surface area contributed by atoms with Crippen LogP contribution in [0.2, 0.25) is 0 Å². The number of piperidine rings is 1. The topological polar surface area (TPSA) is 51.2 Å². The van der Waals surface area contributed by atoms with Crippen molar-refractivity contribution in [3.63, 3.8) is 0 Å². The number of hydrogen-bond acceptors (Lipinski definition) is 5. The van der Waals surface area contributed by atoms with Crippen molar-refractivity contribution in [2.75, 3.05) is 33.4 Å². The van der Waals surface area contributed by atoms with E-state index in [2.05, 4.69) is 67.3 Å². The summed E-state index contributed by atoms with van der Waals surface area (Å²) in [5.41, 5.74) is 3.18. The highest BCUT2D eigenvalue weighted by atomic mass is 16.5. The Morgan fingerprint density at radius 3 is 2.32 bits per heavy atom. The smallest absolute Gasteiger partial charge is 0.127 e. The average molecular weight is 502 g/mol. The molecule has 0 radical (unpaired) electrons. The molecule has 1 saturated heterocycles. The van der Waals surface area contributed by atoms with Gasteiger partial charge in [-0.2, -0.15) is 0 Å². The first kappa shape index (κ1) is 25.6. The standard InChI is InChI=1S/C32H39NO4/c1-32(2)31(24-10-6-4-7-11-24)30(28-17-16-27(35-3)20-29(28)37-32)23-12-14-26(15-13-23)36-22-25(34)21-33-18-8-5-9-19-33/h4,6-7,10-17,20,25,30-31,34H,5,8-9,18-19,21-22H2,1-3H3/t25-,30-,31+/m1/s1. The van der Waals surface area contributed by atoms with Crippen LogP contribution in [0.1, 0.15) is 61.6 Å². The Bertz CT molecular complexity index is 1160. The van der Waals surface area contributed by atoms with Gasteiger partial charge in [-0.3, -0.25) is 0 Å². The zero-order valence-electron chi connectivity index (χ0n) is 22.2. The van der Waals surface area contributed by atoms with Crippen LogP contribution >= 0.6 is 0 Å². The van der Waals surface area contributed by atoms with E-state index in [0.29, 0.717) is 13.2 Å². The summed E-state index contributed by atoms with van der Waals surface area (Å²) in [4.78, 5) is 2.34. The number of fused-ring (bicyclic) bond motifs is 1. The van der Waals surface area contributed by atoms with E-state index in [1.54, 1.807) is 7.11 Å². The molecule has 2 heterocycles. The second-order valence-corrected chi connectivity index (χ2v) is 10.9. The minimum absolute atomic E-state index is 0.103. The Morgan fingerprint density at radius 1 is 0.919 bits per heavy atom. The molecule has 1 N–H and O–H groups in total. The Labute approximate surface area is 221 Å². The lowest BCUT2D eigenvalue weighted by Crippen LogP contribution is -2.43. The lowest BCUT2D eigenvalue weighted by atomic mass is 9.68. The molecule has 3 aromatic rings. The predicted octanol–water partition coefficient (Wildman–Crippen LogP) is 6.01. The third kappa shape index (κ3) is 5.78. The second kappa shape index (κ2) is 11.2. The van der Waals surface area contributed by atoms with Gasteiger partial charge in [0.05, 0.1) is 7.11 Å². The van der Waals surface area contributed by atoms with E-state index < -0.39 is 11.7 Å². The summed E-state index contributed by atoms with van der Waals surface area (Å²) in [6, 6.07) is 25.1. The first-order valence-electron chi connectivity index (χ1n) is 13.5. The van der Waals surface area contributed by atoms with Crippen molar-refractivity contribution in [2.45, 2.75) is 56.7 Å². The molecular weight excluding hydrogens is 462 g/mol. The van der Waals surface area contributed by atoms with Crippen molar-refractivity contribution in [3.05, 3.63) is 89.5 Å². The summed E-state index contributed by atoms with van der Waals surface area (Å²) in [5.74, 6) is 2.65. The van der Waals surface area contributed by atoms with Crippen molar-refractivity contribution in [1.29, 1.82) is 0 Å². The zero-order valence-corrected chi connectivity index (χ0v) is 22.2. The van der Waals surface area contributed by atoms with E-state index in [1.165, 1.54) is 30.4 Å². The highest BCUT2D eigenvalue weighted by Gasteiger charge is 2.45. The Kier molecular flexibility index (Phi) is 7.73. The maximum absolute atomic E-state index is 10.5. The number of nitrogens with zero attached hydrogens (tertiary/aromatic N) is 1. The van der Waals surface area contributed by atoms with Gasteiger partial charge in [0, 0.05) is 30.0 Å². The van der Waals surface area contributed by atoms with Crippen LogP contribution in [-0.4, -0.2) is 55.1 Å². The van der Waals surface area contributed by atoms with Gasteiger partial charge in [-0.15, -0.1) is 0 Å². The third-order valence-electron chi connectivity index (χ3n) is 7.77. The largest absolute Gasteiger partial charge is 0.497 e. The number of likely N-dealkylation sites (tertiary alicyclic amines) is 1. The molecule has 37 heavy (non-hydrogen) atoms. The summed E-state index contributed by atoms with van der Waals surface area (Å²) < 4.78 is 18.1. The first-order chi connectivity index (χ1) is 17.9. The van der Waals surface area contributed by atoms with E-state index in [0.717, 1.165) is 35.9 Å². The molecule has 3 atom stereocenters. The van der Waals surface area contributed by atoms with Gasteiger partial charge in [-0.1, -0.05) is 55.0 Å². The molecule has 0 unspecified atom stereocenters. The van der Waals surface area contributed by atoms with Crippen LogP contribution in [0.25, 0.3) is 0 Å². The SMILES string of the molecule is COc1ccc2c(c1)OC(C)(C)[C@@H](c1ccccc1)[C@@H]2c1ccc(OC[C@H](O)CN2CCCCC2)cc1. The molecule has 0 spiro atoms. The molecule has 0 aromatic heterocycles. The fraction of sp³-hybridized carbons (Fsp3) is 0.438. The van der Waals surface area contributed by atoms with Gasteiger partial charge in [-0.05, 0) is 69.1 Å². The summed E-state index contributed by atoms with van der Waals surface area (Å²) in [6.07, 6.45) is 3.25. The van der Waals surface area contributed by atoms with Gasteiger partial charge < -0.3 is 24.2 Å². The number of aliphatic hydroxyl groups is 1. The van der Waals surface area contributed by atoms with Gasteiger partial charge in [0.25, 0.3) is 0 Å². The second-order valence-electron chi connectivity index (χ2n) is 10.9. The Hall–Kier alpha value is -3.02. The number of methoxy groups -OCH3 is 1. The molecule has 3 aromatic carbocycles. The number of hydrogen-bond donors (Lipinski definition) is 1. The fourth-order valence-corrected chi connectivity index (χ4v) is 6.00. The van der Waals surface area contributed by atoms with Gasteiger partial charge in [0.2, 0.25) is 0 Å². The van der Waals surface area contributed by atoms with E-state index in [4.69, 9.17) is 14.2 Å². The fourth-order valence-electron chi connectivity index (χ4n) is 6.00. The monoisotopic (exact) mass is 501 g/mol. The van der Waals surface area contributed by atoms with Crippen molar-refractivity contribution < 1.29 is 19.3 Å². The van der Waals surface area contributed by atoms with Crippen molar-refractivity contribution >= 4 is 0 Å². The molecule has 0 bridgehead atoms. The van der Waals surface area contributed by atoms with Crippen LogP contribution in [-0.2, 0) is 0 Å². The maximum atomic E-state index is 10.5. The summed E-state index contributed by atoms with van der Waals surface area (Å²) in [6.45, 7) is 7.46. The highest BCUT2D eigenvalue weighted by Crippen LogP contribution is 2.53. The predicted molar refractivity (Wildman–Crippen MR) is 147 cm³/mol. The van der Waals surface area contributed by atoms with Crippen molar-refractivity contribution in [2.24, 2.45) is 0 Å². The minimum atomic E-state index is -0.488. The van der Waals surface area contributed by atoms with E-state index in [-0.39, 0.29) is 11.8 Å². The number of aliphatic hydroxyl groups excluding tert-OH is 1. The molecule has 196 valence electrons. The third-order valence-corrected chi connectivity index (χ3v) is 7.77. The van der Waals surface area contributed by atoms with Crippen LogP contribution in [0.15, 0.2) is 72.8 Å². The number of rotatable bonds is 8. The maximum Gasteiger partial charge on any atom is 0.127 e. The molecule has 5 nitrogen and oxygen atoms in total. The lowest BCUT2D eigenvalue weighted by molar-refractivity contribution is 0.0527. The Morgan fingerprint density at radius 2 is 1.62 bits per heavy atom. The summed E-state index contributed by atoms with van der Waals surface area (Å²) in [7, 11) is 1.68. The molecule has 0 amide bonds. The molecule has 0 aliphatic carbocycles. The average Bonchev–Trinajstić information content (AvgIpc) is 2.91. The first-order valence-corrected chi connectivity index (χ1v) is 13.5. The molecule has 2 aliphatic rings. The van der Waals surface area contributed by atoms with Gasteiger partial charge in [-0.25, -0.2) is 0 Å². The van der Waals surface area contributed by atoms with Crippen LogP contribution < -0.4 is 14.2 Å². The van der Waals surface area contributed by atoms with Crippen LogP contribution in [0.4, 0.5) is 0 Å². The zero-order chi connectivity index (χ0) is 25.8. The molecule has 0 saturated carbocycles.